The van der Waals surface area contributed by atoms with Crippen LogP contribution in [0, 0.1) is 0 Å². The molecular formula is C27H30Cl2N4O2. The van der Waals surface area contributed by atoms with Crippen molar-refractivity contribution in [3.63, 3.8) is 0 Å². The minimum atomic E-state index is -0.0653. The Morgan fingerprint density at radius 1 is 1.11 bits per heavy atom. The number of carbonyl (C=O) groups is 1. The lowest BCUT2D eigenvalue weighted by Crippen LogP contribution is -2.46. The standard InChI is InChI=1S/C27H30Cl2N4O2/c1-17-14-33(15-18(2)35-17)25-8-6-20(24-16-32-9-3-4-26(32)31-24)12-21(25)13-30-27(34)11-19-5-7-22(28)23(29)10-19/h5-8,10,12,16-18H,3-4,9,11,13-15H2,1-2H3,(H,30,34). The molecule has 0 aliphatic carbocycles. The number of ether oxygens (including phenoxy) is 1. The van der Waals surface area contributed by atoms with Gasteiger partial charge in [-0.25, -0.2) is 4.98 Å². The number of hydrogen-bond acceptors (Lipinski definition) is 4. The zero-order chi connectivity index (χ0) is 24.5. The van der Waals surface area contributed by atoms with Gasteiger partial charge < -0.3 is 19.5 Å². The number of benzene rings is 2. The summed E-state index contributed by atoms with van der Waals surface area (Å²) >= 11 is 12.1. The number of aromatic nitrogens is 2. The summed E-state index contributed by atoms with van der Waals surface area (Å²) < 4.78 is 8.19. The zero-order valence-electron chi connectivity index (χ0n) is 20.1. The van der Waals surface area contributed by atoms with E-state index < -0.39 is 0 Å². The lowest BCUT2D eigenvalue weighted by Gasteiger charge is -2.38. The zero-order valence-corrected chi connectivity index (χ0v) is 21.6. The van der Waals surface area contributed by atoms with E-state index in [1.54, 1.807) is 12.1 Å². The van der Waals surface area contributed by atoms with Gasteiger partial charge in [-0.15, -0.1) is 0 Å². The van der Waals surface area contributed by atoms with E-state index in [4.69, 9.17) is 32.9 Å². The van der Waals surface area contributed by atoms with Crippen LogP contribution in [0.1, 0.15) is 37.2 Å². The molecule has 8 heteroatoms. The molecule has 3 heterocycles. The molecule has 2 aliphatic rings. The maximum Gasteiger partial charge on any atom is 0.224 e. The van der Waals surface area contributed by atoms with E-state index in [2.05, 4.69) is 53.0 Å². The Bertz CT molecular complexity index is 1210. The van der Waals surface area contributed by atoms with Crippen LogP contribution < -0.4 is 10.2 Å². The molecule has 1 aromatic heterocycles. The number of carbonyl (C=O) groups excluding carboxylic acids is 1. The fourth-order valence-electron chi connectivity index (χ4n) is 5.05. The summed E-state index contributed by atoms with van der Waals surface area (Å²) in [7, 11) is 0. The highest BCUT2D eigenvalue weighted by atomic mass is 35.5. The predicted molar refractivity (Wildman–Crippen MR) is 140 cm³/mol. The van der Waals surface area contributed by atoms with Crippen molar-refractivity contribution in [3.8, 4) is 11.3 Å². The van der Waals surface area contributed by atoms with Gasteiger partial charge in [0.25, 0.3) is 0 Å². The number of hydrogen-bond donors (Lipinski definition) is 1. The third kappa shape index (κ3) is 5.50. The molecule has 1 fully saturated rings. The summed E-state index contributed by atoms with van der Waals surface area (Å²) in [4.78, 5) is 20.0. The van der Waals surface area contributed by atoms with Crippen molar-refractivity contribution < 1.29 is 9.53 Å². The fourth-order valence-corrected chi connectivity index (χ4v) is 5.38. The quantitative estimate of drug-likeness (QED) is 0.488. The van der Waals surface area contributed by atoms with Crippen LogP contribution in [0.15, 0.2) is 42.6 Å². The number of imidazole rings is 1. The molecule has 2 atom stereocenters. The Morgan fingerprint density at radius 3 is 2.66 bits per heavy atom. The van der Waals surface area contributed by atoms with E-state index in [1.807, 2.05) is 6.07 Å². The first kappa shape index (κ1) is 24.2. The predicted octanol–water partition coefficient (Wildman–Crippen LogP) is 5.28. The molecule has 1 amide bonds. The van der Waals surface area contributed by atoms with Gasteiger partial charge in [-0.1, -0.05) is 35.3 Å². The highest BCUT2D eigenvalue weighted by Gasteiger charge is 2.25. The number of aryl methyl sites for hydroxylation is 2. The Labute approximate surface area is 216 Å². The van der Waals surface area contributed by atoms with Crippen molar-refractivity contribution in [1.82, 2.24) is 14.9 Å². The Balaban J connectivity index is 1.38. The maximum atomic E-state index is 12.8. The van der Waals surface area contributed by atoms with E-state index in [9.17, 15) is 4.79 Å². The number of morpholine rings is 1. The smallest absolute Gasteiger partial charge is 0.224 e. The molecule has 0 saturated carbocycles. The molecule has 1 saturated heterocycles. The number of amides is 1. The summed E-state index contributed by atoms with van der Waals surface area (Å²) in [6.45, 7) is 7.28. The van der Waals surface area contributed by atoms with Gasteiger partial charge in [-0.3, -0.25) is 4.79 Å². The van der Waals surface area contributed by atoms with Crippen LogP contribution in [0.3, 0.4) is 0 Å². The summed E-state index contributed by atoms with van der Waals surface area (Å²) in [6, 6.07) is 11.7. The van der Waals surface area contributed by atoms with Crippen LogP contribution in [-0.2, 0) is 35.5 Å². The Hall–Kier alpha value is -2.54. The van der Waals surface area contributed by atoms with Crippen molar-refractivity contribution >= 4 is 34.8 Å². The molecule has 0 spiro atoms. The van der Waals surface area contributed by atoms with Crippen molar-refractivity contribution in [3.05, 3.63) is 69.6 Å². The summed E-state index contributed by atoms with van der Waals surface area (Å²) in [5, 5.41) is 4.04. The van der Waals surface area contributed by atoms with Crippen LogP contribution in [-0.4, -0.2) is 40.8 Å². The van der Waals surface area contributed by atoms with Crippen LogP contribution in [0.4, 0.5) is 5.69 Å². The molecule has 0 radical (unpaired) electrons. The second-order valence-corrected chi connectivity index (χ2v) is 10.4. The first-order valence-corrected chi connectivity index (χ1v) is 12.9. The monoisotopic (exact) mass is 512 g/mol. The van der Waals surface area contributed by atoms with Crippen molar-refractivity contribution in [1.29, 1.82) is 0 Å². The Kier molecular flexibility index (Phi) is 7.05. The average Bonchev–Trinajstić information content (AvgIpc) is 3.42. The van der Waals surface area contributed by atoms with E-state index in [-0.39, 0.29) is 24.5 Å². The summed E-state index contributed by atoms with van der Waals surface area (Å²) in [5.41, 5.74) is 5.07. The van der Waals surface area contributed by atoms with Gasteiger partial charge in [0.05, 0.1) is 34.4 Å². The molecule has 2 unspecified atom stereocenters. The highest BCUT2D eigenvalue weighted by Crippen LogP contribution is 2.31. The van der Waals surface area contributed by atoms with Gasteiger partial charge in [-0.05, 0) is 55.7 Å². The normalized spacial score (nSPS) is 19.6. The number of fused-ring (bicyclic) bond motifs is 1. The Morgan fingerprint density at radius 2 is 1.91 bits per heavy atom. The van der Waals surface area contributed by atoms with Crippen molar-refractivity contribution in [2.75, 3.05) is 18.0 Å². The summed E-state index contributed by atoms with van der Waals surface area (Å²) in [5.74, 6) is 1.08. The number of nitrogens with zero attached hydrogens (tertiary/aromatic N) is 3. The third-order valence-corrected chi connectivity index (χ3v) is 7.36. The largest absolute Gasteiger partial charge is 0.372 e. The fraction of sp³-hybridized carbons (Fsp3) is 0.407. The van der Waals surface area contributed by atoms with Crippen LogP contribution in [0.5, 0.6) is 0 Å². The summed E-state index contributed by atoms with van der Waals surface area (Å²) in [6.07, 6.45) is 4.86. The molecule has 1 N–H and O–H groups in total. The minimum absolute atomic E-state index is 0.0653. The van der Waals surface area contributed by atoms with Gasteiger partial charge in [0, 0.05) is 50.0 Å². The van der Waals surface area contributed by atoms with E-state index in [0.29, 0.717) is 16.6 Å². The second-order valence-electron chi connectivity index (χ2n) is 9.55. The lowest BCUT2D eigenvalue weighted by atomic mass is 10.0. The molecule has 35 heavy (non-hydrogen) atoms. The number of anilines is 1. The van der Waals surface area contributed by atoms with Gasteiger partial charge >= 0.3 is 0 Å². The van der Waals surface area contributed by atoms with E-state index in [0.717, 1.165) is 66.4 Å². The maximum absolute atomic E-state index is 12.8. The molecule has 6 nitrogen and oxygen atoms in total. The molecule has 5 rings (SSSR count). The first-order chi connectivity index (χ1) is 16.9. The van der Waals surface area contributed by atoms with Gasteiger partial charge in [0.2, 0.25) is 5.91 Å². The molecule has 2 aromatic carbocycles. The van der Waals surface area contributed by atoms with Crippen LogP contribution in [0.25, 0.3) is 11.3 Å². The van der Waals surface area contributed by atoms with Crippen molar-refractivity contribution in [2.24, 2.45) is 0 Å². The molecular weight excluding hydrogens is 483 g/mol. The number of halogens is 2. The minimum Gasteiger partial charge on any atom is -0.372 e. The molecule has 3 aromatic rings. The molecule has 184 valence electrons. The SMILES string of the molecule is CC1CN(c2ccc(-c3cn4c(n3)CCC4)cc2CNC(=O)Cc2ccc(Cl)c(Cl)c2)CC(C)O1. The third-order valence-electron chi connectivity index (χ3n) is 6.62. The number of nitrogens with one attached hydrogen (secondary N) is 1. The van der Waals surface area contributed by atoms with E-state index >= 15 is 0 Å². The van der Waals surface area contributed by atoms with Gasteiger partial charge in [0.15, 0.2) is 0 Å². The van der Waals surface area contributed by atoms with Gasteiger partial charge in [-0.2, -0.15) is 0 Å². The van der Waals surface area contributed by atoms with E-state index in [1.165, 1.54) is 0 Å². The molecule has 0 bridgehead atoms. The topological polar surface area (TPSA) is 59.4 Å². The first-order valence-electron chi connectivity index (χ1n) is 12.2. The lowest BCUT2D eigenvalue weighted by molar-refractivity contribution is -0.120. The second kappa shape index (κ2) is 10.2. The van der Waals surface area contributed by atoms with Gasteiger partial charge in [0.1, 0.15) is 5.82 Å². The average molecular weight is 513 g/mol. The highest BCUT2D eigenvalue weighted by molar-refractivity contribution is 6.42. The van der Waals surface area contributed by atoms with Crippen LogP contribution >= 0.6 is 23.2 Å². The van der Waals surface area contributed by atoms with Crippen molar-refractivity contribution in [2.45, 2.75) is 58.4 Å². The van der Waals surface area contributed by atoms with Crippen LogP contribution in [0.2, 0.25) is 10.0 Å². The molecule has 2 aliphatic heterocycles. The number of rotatable bonds is 6.